The molecule has 0 radical (unpaired) electrons. The van der Waals surface area contributed by atoms with E-state index in [-0.39, 0.29) is 11.8 Å². The first-order valence-electron chi connectivity index (χ1n) is 26.2. The van der Waals surface area contributed by atoms with Gasteiger partial charge >= 0.3 is 0 Å². The average Bonchev–Trinajstić information content (AvgIpc) is 3.72. The molecule has 3 unspecified atom stereocenters. The highest BCUT2D eigenvalue weighted by atomic mass is 16.5. The fourth-order valence-corrected chi connectivity index (χ4v) is 9.20. The lowest BCUT2D eigenvalue weighted by Gasteiger charge is -2.37. The summed E-state index contributed by atoms with van der Waals surface area (Å²) in [4.78, 5) is 4.96. The second kappa shape index (κ2) is 27.6. The first-order chi connectivity index (χ1) is 34.7. The monoisotopic (exact) mass is 959 g/mol. The Kier molecular flexibility index (Phi) is 21.4. The lowest BCUT2D eigenvalue weighted by Crippen LogP contribution is -2.28. The van der Waals surface area contributed by atoms with Gasteiger partial charge in [-0.15, -0.1) is 6.42 Å². The Morgan fingerprint density at radius 1 is 0.889 bits per heavy atom. The van der Waals surface area contributed by atoms with E-state index in [0.29, 0.717) is 5.92 Å². The molecule has 6 rings (SSSR count). The Morgan fingerprint density at radius 3 is 2.21 bits per heavy atom. The van der Waals surface area contributed by atoms with E-state index in [1.807, 2.05) is 49.4 Å². The molecule has 376 valence electrons. The van der Waals surface area contributed by atoms with E-state index in [0.717, 1.165) is 84.1 Å². The highest BCUT2D eigenvalue weighted by Crippen LogP contribution is 2.46. The Balaban J connectivity index is 0.000000446. The Labute approximate surface area is 436 Å². The number of allylic oxidation sites excluding steroid dienone is 21. The fraction of sp³-hybridized carbons (Fsp3) is 0.324. The topological polar surface area (TPSA) is 24.9 Å². The molecule has 0 bridgehead atoms. The van der Waals surface area contributed by atoms with E-state index in [2.05, 4.69) is 215 Å². The molecule has 3 atom stereocenters. The number of aryl methyl sites for hydroxylation is 2. The summed E-state index contributed by atoms with van der Waals surface area (Å²) >= 11 is 0. The molecule has 1 aliphatic carbocycles. The van der Waals surface area contributed by atoms with Crippen LogP contribution in [0, 0.1) is 38.0 Å². The predicted molar refractivity (Wildman–Crippen MR) is 310 cm³/mol. The smallest absolute Gasteiger partial charge is 0.146 e. The minimum Gasteiger partial charge on any atom is -0.458 e. The number of rotatable bonds is 18. The molecule has 2 heterocycles. The molecule has 0 N–H and O–H groups in total. The number of terminal acetylenes is 1. The van der Waals surface area contributed by atoms with Gasteiger partial charge in [-0.05, 0) is 171 Å². The maximum absolute atomic E-state index is 6.39. The van der Waals surface area contributed by atoms with Crippen LogP contribution in [0.1, 0.15) is 137 Å². The van der Waals surface area contributed by atoms with Crippen LogP contribution in [0.25, 0.3) is 0 Å². The van der Waals surface area contributed by atoms with Crippen molar-refractivity contribution in [3.05, 3.63) is 243 Å². The number of hydrogen-bond acceptors (Lipinski definition) is 4. The molecule has 2 aliphatic heterocycles. The van der Waals surface area contributed by atoms with Crippen molar-refractivity contribution in [2.75, 3.05) is 4.90 Å². The van der Waals surface area contributed by atoms with Crippen LogP contribution >= 0.6 is 0 Å². The summed E-state index contributed by atoms with van der Waals surface area (Å²) in [6, 6.07) is 25.4. The van der Waals surface area contributed by atoms with Gasteiger partial charge in [0.15, 0.2) is 0 Å². The zero-order valence-electron chi connectivity index (χ0n) is 45.9. The quantitative estimate of drug-likeness (QED) is 0.0937. The third kappa shape index (κ3) is 14.6. The fourth-order valence-electron chi connectivity index (χ4n) is 9.20. The Morgan fingerprint density at radius 2 is 1.58 bits per heavy atom. The Bertz CT molecular complexity index is 2810. The predicted octanol–water partition coefficient (Wildman–Crippen LogP) is 19.5. The summed E-state index contributed by atoms with van der Waals surface area (Å²) in [5.74, 6) is 7.42. The molecule has 0 aromatic heterocycles. The second-order valence-electron chi connectivity index (χ2n) is 19.4. The molecule has 4 nitrogen and oxygen atoms in total. The number of para-hydroxylation sites is 2. The molecular formula is C68H82N2O2. The highest BCUT2D eigenvalue weighted by Gasteiger charge is 2.33. The Hall–Kier alpha value is -6.96. The molecule has 72 heavy (non-hydrogen) atoms. The largest absolute Gasteiger partial charge is 0.458 e. The van der Waals surface area contributed by atoms with Gasteiger partial charge in [-0.25, -0.2) is 0 Å². The molecular weight excluding hydrogens is 877 g/mol. The normalized spacial score (nSPS) is 18.1. The van der Waals surface area contributed by atoms with Crippen molar-refractivity contribution in [3.8, 4) is 23.8 Å². The first kappa shape index (κ1) is 56.0. The van der Waals surface area contributed by atoms with E-state index in [1.54, 1.807) is 0 Å². The number of nitrogens with zero attached hydrogens (tertiary/aromatic N) is 2. The first-order valence-corrected chi connectivity index (χ1v) is 26.2. The zero-order valence-corrected chi connectivity index (χ0v) is 45.9. The summed E-state index contributed by atoms with van der Waals surface area (Å²) in [5, 5.41) is 0. The van der Waals surface area contributed by atoms with E-state index in [4.69, 9.17) is 15.9 Å². The number of anilines is 1. The zero-order chi connectivity index (χ0) is 52.3. The number of hydrogen-bond donors (Lipinski definition) is 0. The van der Waals surface area contributed by atoms with Gasteiger partial charge < -0.3 is 19.3 Å². The van der Waals surface area contributed by atoms with Crippen LogP contribution in [-0.4, -0.2) is 4.90 Å². The van der Waals surface area contributed by atoms with E-state index < -0.39 is 0 Å². The van der Waals surface area contributed by atoms with Gasteiger partial charge in [0.1, 0.15) is 23.0 Å². The summed E-state index contributed by atoms with van der Waals surface area (Å²) < 4.78 is 12.5. The second-order valence-corrected chi connectivity index (χ2v) is 19.4. The number of ether oxygens (including phenoxy) is 2. The molecule has 0 saturated heterocycles. The molecule has 0 spiro atoms. The summed E-state index contributed by atoms with van der Waals surface area (Å²) in [7, 11) is 0. The lowest BCUT2D eigenvalue weighted by atomic mass is 9.91. The van der Waals surface area contributed by atoms with Crippen LogP contribution in [-0.2, 0) is 4.74 Å². The molecule has 0 saturated carbocycles. The molecule has 0 fully saturated rings. The van der Waals surface area contributed by atoms with Crippen molar-refractivity contribution >= 4 is 5.69 Å². The van der Waals surface area contributed by atoms with Gasteiger partial charge in [0.25, 0.3) is 0 Å². The lowest BCUT2D eigenvalue weighted by molar-refractivity contribution is 0.262. The van der Waals surface area contributed by atoms with Crippen molar-refractivity contribution in [1.29, 1.82) is 0 Å². The van der Waals surface area contributed by atoms with Crippen LogP contribution in [0.5, 0.6) is 11.5 Å². The number of benzene rings is 3. The van der Waals surface area contributed by atoms with Crippen molar-refractivity contribution in [1.82, 2.24) is 4.90 Å². The van der Waals surface area contributed by atoms with Crippen LogP contribution < -0.4 is 9.64 Å². The van der Waals surface area contributed by atoms with Crippen LogP contribution in [0.4, 0.5) is 5.69 Å². The van der Waals surface area contributed by atoms with E-state index >= 15 is 0 Å². The minimum atomic E-state index is -0.0303. The molecule has 3 aliphatic rings. The van der Waals surface area contributed by atoms with Gasteiger partial charge in [0.05, 0.1) is 11.4 Å². The molecule has 3 aromatic carbocycles. The van der Waals surface area contributed by atoms with Crippen LogP contribution in [0.15, 0.2) is 226 Å². The third-order valence-corrected chi connectivity index (χ3v) is 13.3. The van der Waals surface area contributed by atoms with Gasteiger partial charge in [-0.1, -0.05) is 166 Å². The minimum absolute atomic E-state index is 0.0303. The van der Waals surface area contributed by atoms with Crippen molar-refractivity contribution < 1.29 is 9.47 Å². The molecule has 4 heteroatoms. The van der Waals surface area contributed by atoms with Crippen LogP contribution in [0.3, 0.4) is 0 Å². The summed E-state index contributed by atoms with van der Waals surface area (Å²) in [6.45, 7) is 32.0. The van der Waals surface area contributed by atoms with Gasteiger partial charge in [-0.2, -0.15) is 0 Å². The third-order valence-electron chi connectivity index (χ3n) is 13.3. The average molecular weight is 959 g/mol. The van der Waals surface area contributed by atoms with Gasteiger partial charge in [-0.3, -0.25) is 0 Å². The maximum Gasteiger partial charge on any atom is 0.146 e. The highest BCUT2D eigenvalue weighted by molar-refractivity contribution is 5.70. The van der Waals surface area contributed by atoms with E-state index in [9.17, 15) is 0 Å². The van der Waals surface area contributed by atoms with Gasteiger partial charge in [0.2, 0.25) is 0 Å². The van der Waals surface area contributed by atoms with E-state index in [1.165, 1.54) is 56.2 Å². The standard InChI is InChI=1S/C51H62N2O.C17H20O/c1-13-19-24-42(31-37(9)16-4)46(30-36(7)8)50-35-43(32-38(10)17-5)49(52(50)44-28-26-39(11)27-29-44)34-41-23-20-25-45(33-41)53-47(18-6)51(22-15-3)54-40(12)48(53)21-14-2;1-4-13(2)15-10-6-8-12-17(15)18-16-11-7-5-9-14(16)3/h4,13-15,19-22,24-33,37,41H,1,17-18,23,34-35H2,2-3,5-12H3;5-13H,4H2,1-3H3/b21-14-,22-15-,24-19-,38-32-,42-31+,50-46-;. The summed E-state index contributed by atoms with van der Waals surface area (Å²) in [6.07, 6.45) is 40.1. The molecule has 0 amide bonds. The van der Waals surface area contributed by atoms with Crippen molar-refractivity contribution in [2.45, 2.75) is 134 Å². The summed E-state index contributed by atoms with van der Waals surface area (Å²) in [5.41, 5.74) is 17.2. The SMILES string of the molecule is C#CC(C)/C=C(\C=C/C=C)C(/C=C(C)C)=C1/CC(/C=C(/C)CC)=C(CC2C=C(N3C(/C=C\C)=C(C)OC(/C=C\C)=C3CC)C=CC2)N1c1ccc(C)cc1.CCC(C)c1ccccc1Oc1ccccc1C. The maximum atomic E-state index is 6.39. The molecule has 3 aromatic rings. The van der Waals surface area contributed by atoms with Crippen LogP contribution in [0.2, 0.25) is 0 Å². The van der Waals surface area contributed by atoms with Crippen molar-refractivity contribution in [3.63, 3.8) is 0 Å². The van der Waals surface area contributed by atoms with Crippen molar-refractivity contribution in [2.24, 2.45) is 11.8 Å². The van der Waals surface area contributed by atoms with Gasteiger partial charge in [0, 0.05) is 40.7 Å².